The highest BCUT2D eigenvalue weighted by Gasteiger charge is 2.28. The predicted octanol–water partition coefficient (Wildman–Crippen LogP) is 4.65. The molecule has 1 unspecified atom stereocenters. The van der Waals surface area contributed by atoms with Gasteiger partial charge in [0, 0.05) is 35.1 Å². The highest BCUT2D eigenvalue weighted by molar-refractivity contribution is 6.31. The van der Waals surface area contributed by atoms with Gasteiger partial charge in [-0.2, -0.15) is 4.68 Å². The molecule has 0 aliphatic carbocycles. The van der Waals surface area contributed by atoms with E-state index >= 15 is 0 Å². The van der Waals surface area contributed by atoms with Gasteiger partial charge in [0.05, 0.1) is 30.2 Å². The van der Waals surface area contributed by atoms with Gasteiger partial charge in [-0.15, -0.1) is 5.10 Å². The van der Waals surface area contributed by atoms with Crippen LogP contribution in [0.25, 0.3) is 28.1 Å². The van der Waals surface area contributed by atoms with Crippen molar-refractivity contribution in [2.24, 2.45) is 0 Å². The maximum atomic E-state index is 13.5. The molecule has 2 atom stereocenters. The highest BCUT2D eigenvalue weighted by atomic mass is 35.5. The van der Waals surface area contributed by atoms with Gasteiger partial charge in [0.15, 0.2) is 0 Å². The van der Waals surface area contributed by atoms with Crippen LogP contribution in [0.5, 0.6) is 0 Å². The second kappa shape index (κ2) is 11.6. The SMILES string of the molecule is COCC(C)OC(=O)Nc1ccc(-c2cnc([C@@H]3CCc4cc(-c5cc(Cl)ccc5-n5cnnn5)cc(=O)n43)[nH]2)cc1. The van der Waals surface area contributed by atoms with E-state index in [4.69, 9.17) is 21.1 Å². The van der Waals surface area contributed by atoms with E-state index in [0.29, 0.717) is 29.6 Å². The number of carbonyl (C=O) groups is 1. The van der Waals surface area contributed by atoms with Crippen LogP contribution < -0.4 is 10.9 Å². The molecule has 1 amide bonds. The number of amides is 1. The number of methoxy groups -OCH3 is 1. The predicted molar refractivity (Wildman–Crippen MR) is 156 cm³/mol. The highest BCUT2D eigenvalue weighted by Crippen LogP contribution is 2.34. The number of anilines is 1. The van der Waals surface area contributed by atoms with Crippen molar-refractivity contribution in [3.05, 3.63) is 94.0 Å². The Kier molecular flexibility index (Phi) is 7.55. The molecule has 12 nitrogen and oxygen atoms in total. The van der Waals surface area contributed by atoms with Gasteiger partial charge in [-0.05, 0) is 77.7 Å². The monoisotopic (exact) mass is 586 g/mol. The van der Waals surface area contributed by atoms with Gasteiger partial charge in [0.1, 0.15) is 18.3 Å². The van der Waals surface area contributed by atoms with E-state index in [1.807, 2.05) is 24.3 Å². The second-order valence-corrected chi connectivity index (χ2v) is 10.4. The Bertz CT molecular complexity index is 1780. The van der Waals surface area contributed by atoms with Crippen LogP contribution in [-0.2, 0) is 15.9 Å². The van der Waals surface area contributed by atoms with Crippen LogP contribution in [0.3, 0.4) is 0 Å². The molecular formula is C29H27ClN8O4. The Balaban J connectivity index is 1.21. The molecule has 42 heavy (non-hydrogen) atoms. The van der Waals surface area contributed by atoms with Crippen molar-refractivity contribution in [1.82, 2.24) is 34.7 Å². The first-order valence-corrected chi connectivity index (χ1v) is 13.7. The molecule has 214 valence electrons. The Morgan fingerprint density at radius 2 is 2.00 bits per heavy atom. The molecule has 0 saturated heterocycles. The quantitative estimate of drug-likeness (QED) is 0.267. The van der Waals surface area contributed by atoms with Crippen molar-refractivity contribution in [2.45, 2.75) is 31.9 Å². The van der Waals surface area contributed by atoms with Crippen LogP contribution in [0.2, 0.25) is 5.02 Å². The van der Waals surface area contributed by atoms with Crippen LogP contribution in [0.4, 0.5) is 10.5 Å². The lowest BCUT2D eigenvalue weighted by atomic mass is 10.0. The first-order chi connectivity index (χ1) is 20.4. The van der Waals surface area contributed by atoms with Crippen LogP contribution in [-0.4, -0.2) is 60.7 Å². The second-order valence-electron chi connectivity index (χ2n) is 9.97. The molecule has 0 radical (unpaired) electrons. The van der Waals surface area contributed by atoms with E-state index in [9.17, 15) is 9.59 Å². The average molecular weight is 587 g/mol. The maximum Gasteiger partial charge on any atom is 0.411 e. The number of nitrogens with one attached hydrogen (secondary N) is 2. The van der Waals surface area contributed by atoms with Crippen molar-refractivity contribution >= 4 is 23.4 Å². The number of carbonyl (C=O) groups excluding carboxylic acids is 1. The van der Waals surface area contributed by atoms with Gasteiger partial charge in [0.25, 0.3) is 5.56 Å². The molecule has 2 N–H and O–H groups in total. The summed E-state index contributed by atoms with van der Waals surface area (Å²) in [5.74, 6) is 0.702. The molecule has 3 aromatic heterocycles. The van der Waals surface area contributed by atoms with Crippen molar-refractivity contribution < 1.29 is 14.3 Å². The summed E-state index contributed by atoms with van der Waals surface area (Å²) >= 11 is 6.32. The first kappa shape index (κ1) is 27.4. The van der Waals surface area contributed by atoms with E-state index < -0.39 is 6.09 Å². The fraction of sp³-hybridized carbons (Fsp3) is 0.241. The third-order valence-electron chi connectivity index (χ3n) is 7.06. The molecular weight excluding hydrogens is 560 g/mol. The summed E-state index contributed by atoms with van der Waals surface area (Å²) in [5.41, 5.74) is 5.28. The Hall–Kier alpha value is -4.81. The number of imidazole rings is 1. The fourth-order valence-electron chi connectivity index (χ4n) is 5.20. The standard InChI is InChI=1S/C29H27ClN8O4/c1-17(15-41-2)42-29(40)33-21-6-3-18(4-7-21)24-14-31-28(34-24)26-10-8-22-11-19(12-27(39)38(22)26)23-13-20(30)5-9-25(23)37-16-32-35-36-37/h3-7,9,11-14,16-17,26H,8,10,15H2,1-2H3,(H,31,34)(H,33,40)/t17?,26-/m0/s1. The summed E-state index contributed by atoms with van der Waals surface area (Å²) in [5, 5.41) is 14.7. The molecule has 0 bridgehead atoms. The number of fused-ring (bicyclic) bond motifs is 1. The summed E-state index contributed by atoms with van der Waals surface area (Å²) in [6.45, 7) is 2.07. The van der Waals surface area contributed by atoms with Crippen LogP contribution in [0, 0.1) is 0 Å². The topological polar surface area (TPSA) is 142 Å². The number of hydrogen-bond donors (Lipinski definition) is 2. The third-order valence-corrected chi connectivity index (χ3v) is 7.30. The van der Waals surface area contributed by atoms with E-state index in [2.05, 4.69) is 30.8 Å². The number of nitrogens with zero attached hydrogens (tertiary/aromatic N) is 6. The van der Waals surface area contributed by atoms with E-state index in [-0.39, 0.29) is 17.7 Å². The van der Waals surface area contributed by atoms with E-state index in [0.717, 1.165) is 40.2 Å². The fourth-order valence-corrected chi connectivity index (χ4v) is 5.38. The number of aromatic nitrogens is 7. The largest absolute Gasteiger partial charge is 0.444 e. The van der Waals surface area contributed by atoms with E-state index in [1.165, 1.54) is 6.33 Å². The smallest absolute Gasteiger partial charge is 0.411 e. The zero-order chi connectivity index (χ0) is 29.2. The zero-order valence-electron chi connectivity index (χ0n) is 22.8. The summed E-state index contributed by atoms with van der Waals surface area (Å²) in [7, 11) is 1.55. The number of halogens is 1. The lowest BCUT2D eigenvalue weighted by molar-refractivity contribution is 0.0564. The van der Waals surface area contributed by atoms with Crippen molar-refractivity contribution in [2.75, 3.05) is 19.0 Å². The first-order valence-electron chi connectivity index (χ1n) is 13.3. The van der Waals surface area contributed by atoms with Crippen LogP contribution in [0.15, 0.2) is 71.9 Å². The molecule has 1 aliphatic rings. The molecule has 2 aromatic carbocycles. The molecule has 0 spiro atoms. The number of ether oxygens (including phenoxy) is 2. The lowest BCUT2D eigenvalue weighted by Crippen LogP contribution is -2.23. The Morgan fingerprint density at radius 3 is 2.76 bits per heavy atom. The molecule has 0 fully saturated rings. The minimum atomic E-state index is -0.549. The minimum absolute atomic E-state index is 0.132. The number of benzene rings is 2. The van der Waals surface area contributed by atoms with Crippen LogP contribution in [0.1, 0.15) is 30.9 Å². The number of aryl methyl sites for hydroxylation is 1. The third kappa shape index (κ3) is 5.54. The summed E-state index contributed by atoms with van der Waals surface area (Å²) < 4.78 is 13.6. The molecule has 1 aliphatic heterocycles. The number of hydrogen-bond acceptors (Lipinski definition) is 8. The number of tetrazole rings is 1. The van der Waals surface area contributed by atoms with Crippen molar-refractivity contribution in [1.29, 1.82) is 0 Å². The Labute approximate surface area is 245 Å². The van der Waals surface area contributed by atoms with Gasteiger partial charge in [-0.1, -0.05) is 23.7 Å². The number of H-pyrrole nitrogens is 1. The average Bonchev–Trinajstić information content (AvgIpc) is 3.74. The molecule has 4 heterocycles. The summed E-state index contributed by atoms with van der Waals surface area (Å²) in [6.07, 6.45) is 3.79. The van der Waals surface area contributed by atoms with Gasteiger partial charge in [0.2, 0.25) is 0 Å². The van der Waals surface area contributed by atoms with Crippen molar-refractivity contribution in [3.8, 4) is 28.1 Å². The lowest BCUT2D eigenvalue weighted by Gasteiger charge is -2.15. The van der Waals surface area contributed by atoms with E-state index in [1.54, 1.807) is 59.8 Å². The molecule has 0 saturated carbocycles. The normalized spacial score (nSPS) is 14.9. The van der Waals surface area contributed by atoms with Gasteiger partial charge in [-0.3, -0.25) is 10.1 Å². The number of aromatic amines is 1. The summed E-state index contributed by atoms with van der Waals surface area (Å²) in [4.78, 5) is 33.5. The van der Waals surface area contributed by atoms with Gasteiger partial charge < -0.3 is 19.0 Å². The summed E-state index contributed by atoms with van der Waals surface area (Å²) in [6, 6.07) is 16.1. The molecule has 5 aromatic rings. The number of pyridine rings is 1. The van der Waals surface area contributed by atoms with Gasteiger partial charge in [-0.25, -0.2) is 9.78 Å². The molecule has 6 rings (SSSR count). The van der Waals surface area contributed by atoms with Crippen molar-refractivity contribution in [3.63, 3.8) is 0 Å². The van der Waals surface area contributed by atoms with Gasteiger partial charge >= 0.3 is 6.09 Å². The minimum Gasteiger partial charge on any atom is -0.444 e. The Morgan fingerprint density at radius 1 is 1.17 bits per heavy atom. The van der Waals surface area contributed by atoms with Crippen LogP contribution >= 0.6 is 11.6 Å². The number of rotatable bonds is 8. The maximum absolute atomic E-state index is 13.5. The molecule has 13 heteroatoms. The zero-order valence-corrected chi connectivity index (χ0v) is 23.6.